The molecule has 7 heteroatoms. The lowest BCUT2D eigenvalue weighted by Gasteiger charge is -2.16. The number of aliphatic carboxylic acids is 1. The maximum absolute atomic E-state index is 13.0. The Balaban J connectivity index is 3.44. The van der Waals surface area contributed by atoms with E-state index in [4.69, 9.17) is 9.84 Å². The number of benzene rings is 1. The summed E-state index contributed by atoms with van der Waals surface area (Å²) in [6.07, 6.45) is -3.77. The molecular formula is C14H13F3O4. The minimum absolute atomic E-state index is 0.169. The van der Waals surface area contributed by atoms with Crippen molar-refractivity contribution in [3.8, 4) is 0 Å². The van der Waals surface area contributed by atoms with E-state index >= 15 is 0 Å². The van der Waals surface area contributed by atoms with Crippen molar-refractivity contribution in [1.82, 2.24) is 0 Å². The van der Waals surface area contributed by atoms with Crippen molar-refractivity contribution in [2.75, 3.05) is 0 Å². The normalized spacial score (nSPS) is 11.9. The quantitative estimate of drug-likeness (QED) is 0.684. The fourth-order valence-electron chi connectivity index (χ4n) is 1.61. The van der Waals surface area contributed by atoms with E-state index in [-0.39, 0.29) is 5.56 Å². The van der Waals surface area contributed by atoms with Gasteiger partial charge in [0.1, 0.15) is 0 Å². The first-order valence-corrected chi connectivity index (χ1v) is 5.95. The van der Waals surface area contributed by atoms with Crippen molar-refractivity contribution in [2.45, 2.75) is 26.1 Å². The number of carboxylic acid groups (broad SMARTS) is 1. The van der Waals surface area contributed by atoms with Crippen LogP contribution in [-0.2, 0) is 15.7 Å². The van der Waals surface area contributed by atoms with Crippen LogP contribution in [0.5, 0.6) is 0 Å². The van der Waals surface area contributed by atoms with Crippen molar-refractivity contribution < 1.29 is 32.6 Å². The fraction of sp³-hybridized carbons (Fsp3) is 0.286. The summed E-state index contributed by atoms with van der Waals surface area (Å²) in [5, 5.41) is 8.55. The third-order valence-electron chi connectivity index (χ3n) is 2.35. The Labute approximate surface area is 118 Å². The third kappa shape index (κ3) is 4.62. The zero-order chi connectivity index (χ0) is 16.2. The van der Waals surface area contributed by atoms with Crippen LogP contribution in [0.4, 0.5) is 13.2 Å². The molecule has 1 aromatic carbocycles. The van der Waals surface area contributed by atoms with E-state index in [1.165, 1.54) is 19.9 Å². The molecule has 0 radical (unpaired) electrons. The van der Waals surface area contributed by atoms with Crippen LogP contribution in [0.15, 0.2) is 24.3 Å². The molecule has 21 heavy (non-hydrogen) atoms. The average Bonchev–Trinajstić information content (AvgIpc) is 2.33. The summed E-state index contributed by atoms with van der Waals surface area (Å²) >= 11 is 0. The Morgan fingerprint density at radius 3 is 2.38 bits per heavy atom. The molecule has 1 rings (SSSR count). The van der Waals surface area contributed by atoms with Gasteiger partial charge in [0.2, 0.25) is 0 Å². The van der Waals surface area contributed by atoms with Gasteiger partial charge in [0, 0.05) is 6.08 Å². The zero-order valence-electron chi connectivity index (χ0n) is 11.3. The number of ether oxygens (including phenoxy) is 1. The zero-order valence-corrected chi connectivity index (χ0v) is 11.3. The standard InChI is InChI=1S/C14H13F3O4/c1-8(2)21-13(20)12-9(6-7-11(18)19)4-3-5-10(12)14(15,16)17/h3-8H,1-2H3,(H,18,19). The number of carbonyl (C=O) groups is 2. The molecule has 0 fully saturated rings. The molecule has 0 heterocycles. The van der Waals surface area contributed by atoms with Gasteiger partial charge in [0.05, 0.1) is 17.2 Å². The summed E-state index contributed by atoms with van der Waals surface area (Å²) in [6.45, 7) is 3.00. The monoisotopic (exact) mass is 302 g/mol. The molecule has 0 saturated carbocycles. The van der Waals surface area contributed by atoms with Crippen LogP contribution in [0.2, 0.25) is 0 Å². The second kappa shape index (κ2) is 6.43. The molecule has 0 saturated heterocycles. The van der Waals surface area contributed by atoms with Gasteiger partial charge in [-0.1, -0.05) is 12.1 Å². The Morgan fingerprint density at radius 2 is 1.90 bits per heavy atom. The van der Waals surface area contributed by atoms with Crippen LogP contribution in [-0.4, -0.2) is 23.1 Å². The molecule has 1 aromatic rings. The highest BCUT2D eigenvalue weighted by Gasteiger charge is 2.36. The number of esters is 1. The topological polar surface area (TPSA) is 63.6 Å². The van der Waals surface area contributed by atoms with Crippen LogP contribution in [0, 0.1) is 0 Å². The molecule has 0 atom stereocenters. The Bertz CT molecular complexity index is 574. The van der Waals surface area contributed by atoms with E-state index in [0.29, 0.717) is 6.08 Å². The van der Waals surface area contributed by atoms with Crippen molar-refractivity contribution in [3.05, 3.63) is 41.0 Å². The van der Waals surface area contributed by atoms with E-state index in [0.717, 1.165) is 18.2 Å². The van der Waals surface area contributed by atoms with E-state index in [9.17, 15) is 22.8 Å². The lowest BCUT2D eigenvalue weighted by Crippen LogP contribution is -2.19. The number of hydrogen-bond acceptors (Lipinski definition) is 3. The first kappa shape index (κ1) is 16.7. The highest BCUT2D eigenvalue weighted by atomic mass is 19.4. The summed E-state index contributed by atoms with van der Waals surface area (Å²) in [4.78, 5) is 22.4. The highest BCUT2D eigenvalue weighted by Crippen LogP contribution is 2.34. The van der Waals surface area contributed by atoms with Gasteiger partial charge in [-0.15, -0.1) is 0 Å². The van der Waals surface area contributed by atoms with Crippen molar-refractivity contribution in [1.29, 1.82) is 0 Å². The predicted octanol–water partition coefficient (Wildman–Crippen LogP) is 3.37. The van der Waals surface area contributed by atoms with Gasteiger partial charge < -0.3 is 9.84 Å². The Hall–Kier alpha value is -2.31. The fourth-order valence-corrected chi connectivity index (χ4v) is 1.61. The third-order valence-corrected chi connectivity index (χ3v) is 2.35. The molecule has 0 amide bonds. The molecule has 0 aliphatic rings. The van der Waals surface area contributed by atoms with Gasteiger partial charge in [0.15, 0.2) is 0 Å². The minimum Gasteiger partial charge on any atom is -0.478 e. The second-order valence-electron chi connectivity index (χ2n) is 4.39. The van der Waals surface area contributed by atoms with Gasteiger partial charge in [-0.2, -0.15) is 13.2 Å². The first-order valence-electron chi connectivity index (χ1n) is 5.95. The van der Waals surface area contributed by atoms with Gasteiger partial charge in [-0.05, 0) is 31.6 Å². The summed E-state index contributed by atoms with van der Waals surface area (Å²) < 4.78 is 43.7. The molecule has 0 aliphatic heterocycles. The van der Waals surface area contributed by atoms with Gasteiger partial charge in [-0.3, -0.25) is 0 Å². The van der Waals surface area contributed by atoms with Crippen molar-refractivity contribution in [2.24, 2.45) is 0 Å². The number of halogens is 3. The summed E-state index contributed by atoms with van der Waals surface area (Å²) in [5.74, 6) is -2.49. The van der Waals surface area contributed by atoms with E-state index in [1.807, 2.05) is 0 Å². The van der Waals surface area contributed by atoms with Gasteiger partial charge >= 0.3 is 18.1 Å². The largest absolute Gasteiger partial charge is 0.478 e. The molecule has 0 aliphatic carbocycles. The Morgan fingerprint density at radius 1 is 1.29 bits per heavy atom. The lowest BCUT2D eigenvalue weighted by atomic mass is 10.00. The molecule has 0 bridgehead atoms. The molecule has 4 nitrogen and oxygen atoms in total. The summed E-state index contributed by atoms with van der Waals surface area (Å²) in [6, 6.07) is 3.05. The van der Waals surface area contributed by atoms with Crippen molar-refractivity contribution in [3.63, 3.8) is 0 Å². The van der Waals surface area contributed by atoms with E-state index in [1.54, 1.807) is 0 Å². The maximum Gasteiger partial charge on any atom is 0.417 e. The van der Waals surface area contributed by atoms with Crippen LogP contribution in [0.3, 0.4) is 0 Å². The molecule has 1 N–H and O–H groups in total. The average molecular weight is 302 g/mol. The first-order chi connectivity index (χ1) is 9.62. The molecular weight excluding hydrogens is 289 g/mol. The number of carboxylic acids is 1. The highest BCUT2D eigenvalue weighted by molar-refractivity contribution is 5.97. The molecule has 0 unspecified atom stereocenters. The van der Waals surface area contributed by atoms with Crippen LogP contribution in [0.25, 0.3) is 6.08 Å². The van der Waals surface area contributed by atoms with Crippen LogP contribution in [0.1, 0.15) is 35.3 Å². The number of hydrogen-bond donors (Lipinski definition) is 1. The number of rotatable bonds is 4. The minimum atomic E-state index is -4.75. The number of alkyl halides is 3. The molecule has 0 aromatic heterocycles. The van der Waals surface area contributed by atoms with Gasteiger partial charge in [-0.25, -0.2) is 9.59 Å². The lowest BCUT2D eigenvalue weighted by molar-refractivity contribution is -0.138. The predicted molar refractivity (Wildman–Crippen MR) is 68.7 cm³/mol. The van der Waals surface area contributed by atoms with E-state index < -0.39 is 35.3 Å². The maximum atomic E-state index is 13.0. The second-order valence-corrected chi connectivity index (χ2v) is 4.39. The smallest absolute Gasteiger partial charge is 0.417 e. The summed E-state index contributed by atoms with van der Waals surface area (Å²) in [7, 11) is 0. The molecule has 0 spiro atoms. The van der Waals surface area contributed by atoms with E-state index in [2.05, 4.69) is 0 Å². The number of carbonyl (C=O) groups excluding carboxylic acids is 1. The van der Waals surface area contributed by atoms with Gasteiger partial charge in [0.25, 0.3) is 0 Å². The van der Waals surface area contributed by atoms with Crippen molar-refractivity contribution >= 4 is 18.0 Å². The Kier molecular flexibility index (Phi) is 5.12. The van der Waals surface area contributed by atoms with Crippen LogP contribution < -0.4 is 0 Å². The SMILES string of the molecule is CC(C)OC(=O)c1c(C=CC(=O)O)cccc1C(F)(F)F. The summed E-state index contributed by atoms with van der Waals surface area (Å²) in [5.41, 5.74) is -2.03. The molecule has 114 valence electrons. The van der Waals surface area contributed by atoms with Crippen LogP contribution >= 0.6 is 0 Å².